The van der Waals surface area contributed by atoms with E-state index in [1.165, 1.54) is 0 Å². The van der Waals surface area contributed by atoms with Crippen molar-refractivity contribution in [3.63, 3.8) is 0 Å². The molecule has 1 unspecified atom stereocenters. The lowest BCUT2D eigenvalue weighted by molar-refractivity contribution is 0.0890. The van der Waals surface area contributed by atoms with Crippen molar-refractivity contribution < 1.29 is 9.53 Å². The second-order valence-electron chi connectivity index (χ2n) is 5.05. The fraction of sp³-hybridized carbons (Fsp3) is 0.500. The minimum absolute atomic E-state index is 0.0395. The number of nitrogens with two attached hydrogens (primary N) is 1. The smallest absolute Gasteiger partial charge is 0.251 e. The van der Waals surface area contributed by atoms with Crippen LogP contribution in [0.4, 0.5) is 0 Å². The summed E-state index contributed by atoms with van der Waals surface area (Å²) in [4.78, 5) is 12.1. The summed E-state index contributed by atoms with van der Waals surface area (Å²) in [6.07, 6.45) is 1.71. The average Bonchev–Trinajstić information content (AvgIpc) is 2.77. The van der Waals surface area contributed by atoms with Gasteiger partial charge in [0.15, 0.2) is 0 Å². The molecule has 1 fully saturated rings. The zero-order valence-corrected chi connectivity index (χ0v) is 10.7. The molecule has 0 spiro atoms. The molecule has 1 atom stereocenters. The molecule has 1 aliphatic rings. The number of hydrogen-bond donors (Lipinski definition) is 2. The van der Waals surface area contributed by atoms with Crippen LogP contribution in [-0.2, 0) is 11.2 Å². The molecule has 1 heterocycles. The molecule has 1 saturated heterocycles. The number of carbonyl (C=O) groups excluding carboxylic acids is 1. The van der Waals surface area contributed by atoms with Gasteiger partial charge in [-0.05, 0) is 44.0 Å². The van der Waals surface area contributed by atoms with Crippen LogP contribution in [0, 0.1) is 0 Å². The van der Waals surface area contributed by atoms with Crippen molar-refractivity contribution in [2.45, 2.75) is 25.3 Å². The highest BCUT2D eigenvalue weighted by Crippen LogP contribution is 2.18. The Kier molecular flexibility index (Phi) is 3.99. The number of hydrogen-bond acceptors (Lipinski definition) is 3. The van der Waals surface area contributed by atoms with Crippen molar-refractivity contribution >= 4 is 5.91 Å². The highest BCUT2D eigenvalue weighted by molar-refractivity contribution is 5.94. The SMILES string of the molecule is CC1(NC(=O)c2ccc(CCN)cc2)CCOC1. The van der Waals surface area contributed by atoms with Crippen LogP contribution in [0.5, 0.6) is 0 Å². The summed E-state index contributed by atoms with van der Waals surface area (Å²) in [6.45, 7) is 3.94. The van der Waals surface area contributed by atoms with E-state index in [1.807, 2.05) is 31.2 Å². The highest BCUT2D eigenvalue weighted by atomic mass is 16.5. The lowest BCUT2D eigenvalue weighted by Crippen LogP contribution is -2.46. The second-order valence-corrected chi connectivity index (χ2v) is 5.05. The van der Waals surface area contributed by atoms with Crippen LogP contribution in [-0.4, -0.2) is 31.2 Å². The van der Waals surface area contributed by atoms with Crippen molar-refractivity contribution in [2.75, 3.05) is 19.8 Å². The molecule has 2 rings (SSSR count). The number of ether oxygens (including phenoxy) is 1. The Morgan fingerprint density at radius 1 is 1.44 bits per heavy atom. The number of benzene rings is 1. The Bertz CT molecular complexity index is 408. The molecule has 1 aliphatic heterocycles. The first-order chi connectivity index (χ1) is 8.63. The standard InChI is InChI=1S/C14H20N2O2/c1-14(7-9-18-10-14)16-13(17)12-4-2-11(3-5-12)6-8-15/h2-5H,6-10,15H2,1H3,(H,16,17). The van der Waals surface area contributed by atoms with Crippen LogP contribution in [0.2, 0.25) is 0 Å². The number of carbonyl (C=O) groups is 1. The van der Waals surface area contributed by atoms with Gasteiger partial charge in [-0.1, -0.05) is 12.1 Å². The fourth-order valence-electron chi connectivity index (χ4n) is 2.10. The number of rotatable bonds is 4. The van der Waals surface area contributed by atoms with Gasteiger partial charge in [0, 0.05) is 12.2 Å². The minimum atomic E-state index is -0.229. The summed E-state index contributed by atoms with van der Waals surface area (Å²) in [5.41, 5.74) is 7.10. The average molecular weight is 248 g/mol. The molecule has 0 bridgehead atoms. The Morgan fingerprint density at radius 3 is 2.72 bits per heavy atom. The topological polar surface area (TPSA) is 64.4 Å². The Balaban J connectivity index is 2.00. The van der Waals surface area contributed by atoms with Crippen LogP contribution in [0.1, 0.15) is 29.3 Å². The van der Waals surface area contributed by atoms with Crippen LogP contribution in [0.25, 0.3) is 0 Å². The molecule has 3 N–H and O–H groups in total. The molecular weight excluding hydrogens is 228 g/mol. The van der Waals surface area contributed by atoms with E-state index >= 15 is 0 Å². The van der Waals surface area contributed by atoms with E-state index in [-0.39, 0.29) is 11.4 Å². The van der Waals surface area contributed by atoms with E-state index in [9.17, 15) is 4.79 Å². The summed E-state index contributed by atoms with van der Waals surface area (Å²) in [5.74, 6) is -0.0395. The first-order valence-corrected chi connectivity index (χ1v) is 6.32. The molecule has 1 amide bonds. The maximum absolute atomic E-state index is 12.1. The minimum Gasteiger partial charge on any atom is -0.379 e. The second kappa shape index (κ2) is 5.50. The molecule has 4 heteroatoms. The summed E-state index contributed by atoms with van der Waals surface area (Å²) in [6, 6.07) is 7.60. The highest BCUT2D eigenvalue weighted by Gasteiger charge is 2.31. The molecule has 98 valence electrons. The quantitative estimate of drug-likeness (QED) is 0.838. The zero-order valence-electron chi connectivity index (χ0n) is 10.7. The van der Waals surface area contributed by atoms with Gasteiger partial charge in [0.2, 0.25) is 0 Å². The third-order valence-corrected chi connectivity index (χ3v) is 3.28. The fourth-order valence-corrected chi connectivity index (χ4v) is 2.10. The van der Waals surface area contributed by atoms with Crippen molar-refractivity contribution in [2.24, 2.45) is 5.73 Å². The maximum atomic E-state index is 12.1. The van der Waals surface area contributed by atoms with Crippen molar-refractivity contribution in [3.05, 3.63) is 35.4 Å². The van der Waals surface area contributed by atoms with E-state index in [4.69, 9.17) is 10.5 Å². The van der Waals surface area contributed by atoms with Crippen LogP contribution >= 0.6 is 0 Å². The van der Waals surface area contributed by atoms with Crippen LogP contribution in [0.3, 0.4) is 0 Å². The molecule has 18 heavy (non-hydrogen) atoms. The maximum Gasteiger partial charge on any atom is 0.251 e. The van der Waals surface area contributed by atoms with E-state index in [0.29, 0.717) is 25.3 Å². The Morgan fingerprint density at radius 2 is 2.17 bits per heavy atom. The van der Waals surface area contributed by atoms with Gasteiger partial charge in [-0.3, -0.25) is 4.79 Å². The molecule has 0 radical (unpaired) electrons. The Hall–Kier alpha value is -1.39. The molecule has 0 aromatic heterocycles. The molecule has 1 aromatic rings. The summed E-state index contributed by atoms with van der Waals surface area (Å²) in [5, 5.41) is 3.03. The van der Waals surface area contributed by atoms with Gasteiger partial charge >= 0.3 is 0 Å². The zero-order chi connectivity index (χ0) is 13.0. The Labute approximate surface area is 108 Å². The third kappa shape index (κ3) is 3.09. The molecular formula is C14H20N2O2. The van der Waals surface area contributed by atoms with Gasteiger partial charge < -0.3 is 15.8 Å². The predicted octanol–water partition coefficient (Wildman–Crippen LogP) is 1.10. The molecule has 0 aliphatic carbocycles. The lowest BCUT2D eigenvalue weighted by atomic mass is 10.0. The summed E-state index contributed by atoms with van der Waals surface area (Å²) in [7, 11) is 0. The van der Waals surface area contributed by atoms with E-state index in [1.54, 1.807) is 0 Å². The molecule has 1 aromatic carbocycles. The first kappa shape index (κ1) is 13.1. The van der Waals surface area contributed by atoms with Gasteiger partial charge in [-0.25, -0.2) is 0 Å². The van der Waals surface area contributed by atoms with Gasteiger partial charge in [0.05, 0.1) is 12.1 Å². The largest absolute Gasteiger partial charge is 0.379 e. The lowest BCUT2D eigenvalue weighted by Gasteiger charge is -2.23. The van der Waals surface area contributed by atoms with Crippen molar-refractivity contribution in [1.29, 1.82) is 0 Å². The van der Waals surface area contributed by atoms with E-state index in [0.717, 1.165) is 18.4 Å². The van der Waals surface area contributed by atoms with Gasteiger partial charge in [0.25, 0.3) is 5.91 Å². The van der Waals surface area contributed by atoms with E-state index in [2.05, 4.69) is 5.32 Å². The normalized spacial score (nSPS) is 23.0. The van der Waals surface area contributed by atoms with Gasteiger partial charge in [0.1, 0.15) is 0 Å². The monoisotopic (exact) mass is 248 g/mol. The number of nitrogens with one attached hydrogen (secondary N) is 1. The first-order valence-electron chi connectivity index (χ1n) is 6.32. The summed E-state index contributed by atoms with van der Waals surface area (Å²) >= 11 is 0. The van der Waals surface area contributed by atoms with Gasteiger partial charge in [-0.15, -0.1) is 0 Å². The van der Waals surface area contributed by atoms with Crippen LogP contribution in [0.15, 0.2) is 24.3 Å². The predicted molar refractivity (Wildman–Crippen MR) is 70.5 cm³/mol. The van der Waals surface area contributed by atoms with Crippen molar-refractivity contribution in [1.82, 2.24) is 5.32 Å². The van der Waals surface area contributed by atoms with Gasteiger partial charge in [-0.2, -0.15) is 0 Å². The van der Waals surface area contributed by atoms with Crippen molar-refractivity contribution in [3.8, 4) is 0 Å². The van der Waals surface area contributed by atoms with Crippen LogP contribution < -0.4 is 11.1 Å². The molecule has 4 nitrogen and oxygen atoms in total. The van der Waals surface area contributed by atoms with E-state index < -0.39 is 0 Å². The third-order valence-electron chi connectivity index (χ3n) is 3.28. The number of amides is 1. The summed E-state index contributed by atoms with van der Waals surface area (Å²) < 4.78 is 5.32. The molecule has 0 saturated carbocycles.